The van der Waals surface area contributed by atoms with Crippen molar-refractivity contribution < 1.29 is 4.42 Å². The standard InChI is InChI=1S/C14H23NO/c1-2-9-15-14-8-4-3-6-12(14)11-13-7-5-10-16-13/h5,7,10,12,14-15H,2-4,6,8-9,11H2,1H3. The average molecular weight is 221 g/mol. The second kappa shape index (κ2) is 6.09. The molecule has 1 saturated carbocycles. The van der Waals surface area contributed by atoms with Crippen molar-refractivity contribution in [3.05, 3.63) is 24.2 Å². The first-order valence-corrected chi connectivity index (χ1v) is 6.66. The van der Waals surface area contributed by atoms with Crippen molar-refractivity contribution in [2.24, 2.45) is 5.92 Å². The SMILES string of the molecule is CCCNC1CCCCC1Cc1ccco1. The number of rotatable bonds is 5. The molecule has 1 aromatic rings. The van der Waals surface area contributed by atoms with E-state index < -0.39 is 0 Å². The van der Waals surface area contributed by atoms with Crippen molar-refractivity contribution in [1.82, 2.24) is 5.32 Å². The maximum Gasteiger partial charge on any atom is 0.104 e. The van der Waals surface area contributed by atoms with E-state index in [9.17, 15) is 0 Å². The zero-order valence-electron chi connectivity index (χ0n) is 10.2. The summed E-state index contributed by atoms with van der Waals surface area (Å²) in [6.45, 7) is 3.39. The lowest BCUT2D eigenvalue weighted by Gasteiger charge is -2.32. The van der Waals surface area contributed by atoms with Gasteiger partial charge in [-0.1, -0.05) is 19.8 Å². The lowest BCUT2D eigenvalue weighted by molar-refractivity contribution is 0.250. The molecule has 1 aliphatic rings. The number of nitrogens with one attached hydrogen (secondary N) is 1. The maximum atomic E-state index is 5.46. The van der Waals surface area contributed by atoms with E-state index in [2.05, 4.69) is 18.3 Å². The highest BCUT2D eigenvalue weighted by Crippen LogP contribution is 2.27. The van der Waals surface area contributed by atoms with Gasteiger partial charge in [0.15, 0.2) is 0 Å². The van der Waals surface area contributed by atoms with Crippen LogP contribution in [0.25, 0.3) is 0 Å². The molecular weight excluding hydrogens is 198 g/mol. The second-order valence-corrected chi connectivity index (χ2v) is 4.89. The molecule has 90 valence electrons. The Morgan fingerprint density at radius 3 is 3.00 bits per heavy atom. The Morgan fingerprint density at radius 1 is 1.38 bits per heavy atom. The first-order chi connectivity index (χ1) is 7.90. The molecule has 0 saturated heterocycles. The van der Waals surface area contributed by atoms with E-state index in [1.807, 2.05) is 6.07 Å². The van der Waals surface area contributed by atoms with Gasteiger partial charge in [-0.3, -0.25) is 0 Å². The van der Waals surface area contributed by atoms with E-state index >= 15 is 0 Å². The van der Waals surface area contributed by atoms with Crippen LogP contribution >= 0.6 is 0 Å². The van der Waals surface area contributed by atoms with Crippen molar-refractivity contribution in [3.63, 3.8) is 0 Å². The van der Waals surface area contributed by atoms with Crippen LogP contribution in [0.5, 0.6) is 0 Å². The normalized spacial score (nSPS) is 25.8. The van der Waals surface area contributed by atoms with Gasteiger partial charge in [-0.05, 0) is 43.9 Å². The van der Waals surface area contributed by atoms with Gasteiger partial charge in [0.25, 0.3) is 0 Å². The highest BCUT2D eigenvalue weighted by atomic mass is 16.3. The van der Waals surface area contributed by atoms with Crippen molar-refractivity contribution in [3.8, 4) is 0 Å². The molecule has 0 spiro atoms. The number of furan rings is 1. The fraction of sp³-hybridized carbons (Fsp3) is 0.714. The van der Waals surface area contributed by atoms with Gasteiger partial charge < -0.3 is 9.73 Å². The lowest BCUT2D eigenvalue weighted by Crippen LogP contribution is -2.39. The molecule has 16 heavy (non-hydrogen) atoms. The molecule has 2 unspecified atom stereocenters. The molecule has 0 aliphatic heterocycles. The summed E-state index contributed by atoms with van der Waals surface area (Å²) in [5.41, 5.74) is 0. The molecular formula is C14H23NO. The Hall–Kier alpha value is -0.760. The molecule has 1 aromatic heterocycles. The molecule has 1 heterocycles. The van der Waals surface area contributed by atoms with Crippen LogP contribution in [-0.2, 0) is 6.42 Å². The van der Waals surface area contributed by atoms with E-state index in [1.165, 1.54) is 32.1 Å². The quantitative estimate of drug-likeness (QED) is 0.824. The van der Waals surface area contributed by atoms with Crippen LogP contribution in [0.3, 0.4) is 0 Å². The van der Waals surface area contributed by atoms with Crippen molar-refractivity contribution >= 4 is 0 Å². The monoisotopic (exact) mass is 221 g/mol. The Labute approximate surface area is 98.4 Å². The average Bonchev–Trinajstić information content (AvgIpc) is 2.81. The van der Waals surface area contributed by atoms with Gasteiger partial charge in [-0.15, -0.1) is 0 Å². The second-order valence-electron chi connectivity index (χ2n) is 4.89. The van der Waals surface area contributed by atoms with Crippen LogP contribution in [-0.4, -0.2) is 12.6 Å². The Bertz CT molecular complexity index is 281. The fourth-order valence-electron chi connectivity index (χ4n) is 2.74. The van der Waals surface area contributed by atoms with Crippen LogP contribution in [0.1, 0.15) is 44.8 Å². The molecule has 0 radical (unpaired) electrons. The summed E-state index contributed by atoms with van der Waals surface area (Å²) < 4.78 is 5.46. The summed E-state index contributed by atoms with van der Waals surface area (Å²) in [5, 5.41) is 3.69. The molecule has 2 rings (SSSR count). The summed E-state index contributed by atoms with van der Waals surface area (Å²) in [5.74, 6) is 1.92. The van der Waals surface area contributed by atoms with E-state index in [1.54, 1.807) is 6.26 Å². The Kier molecular flexibility index (Phi) is 4.46. The molecule has 0 bridgehead atoms. The van der Waals surface area contributed by atoms with Crippen LogP contribution in [0, 0.1) is 5.92 Å². The smallest absolute Gasteiger partial charge is 0.104 e. The summed E-state index contributed by atoms with van der Waals surface area (Å²) >= 11 is 0. The first kappa shape index (κ1) is 11.7. The molecule has 2 heteroatoms. The van der Waals surface area contributed by atoms with Gasteiger partial charge in [0, 0.05) is 12.5 Å². The van der Waals surface area contributed by atoms with Crippen LogP contribution in [0.15, 0.2) is 22.8 Å². The summed E-state index contributed by atoms with van der Waals surface area (Å²) in [7, 11) is 0. The van der Waals surface area contributed by atoms with Gasteiger partial charge in [0.1, 0.15) is 5.76 Å². The third-order valence-electron chi connectivity index (χ3n) is 3.61. The van der Waals surface area contributed by atoms with Gasteiger partial charge >= 0.3 is 0 Å². The van der Waals surface area contributed by atoms with Crippen molar-refractivity contribution in [2.45, 2.75) is 51.5 Å². The zero-order chi connectivity index (χ0) is 11.2. The topological polar surface area (TPSA) is 25.2 Å². The van der Waals surface area contributed by atoms with Gasteiger partial charge in [0.05, 0.1) is 6.26 Å². The maximum absolute atomic E-state index is 5.46. The van der Waals surface area contributed by atoms with Crippen molar-refractivity contribution in [2.75, 3.05) is 6.54 Å². The predicted molar refractivity (Wildman–Crippen MR) is 66.5 cm³/mol. The highest BCUT2D eigenvalue weighted by molar-refractivity contribution is 5.01. The van der Waals surface area contributed by atoms with E-state index in [0.29, 0.717) is 6.04 Å². The molecule has 0 amide bonds. The fourth-order valence-corrected chi connectivity index (χ4v) is 2.74. The minimum Gasteiger partial charge on any atom is -0.469 e. The number of hydrogen-bond donors (Lipinski definition) is 1. The van der Waals surface area contributed by atoms with Crippen molar-refractivity contribution in [1.29, 1.82) is 0 Å². The lowest BCUT2D eigenvalue weighted by atomic mass is 9.82. The zero-order valence-corrected chi connectivity index (χ0v) is 10.2. The minimum absolute atomic E-state index is 0.707. The van der Waals surface area contributed by atoms with Crippen LogP contribution in [0.4, 0.5) is 0 Å². The summed E-state index contributed by atoms with van der Waals surface area (Å²) in [4.78, 5) is 0. The molecule has 1 fully saturated rings. The van der Waals surface area contributed by atoms with E-state index in [4.69, 9.17) is 4.42 Å². The summed E-state index contributed by atoms with van der Waals surface area (Å²) in [6.07, 6.45) is 9.57. The third-order valence-corrected chi connectivity index (χ3v) is 3.61. The van der Waals surface area contributed by atoms with Crippen LogP contribution < -0.4 is 5.32 Å². The first-order valence-electron chi connectivity index (χ1n) is 6.66. The summed E-state index contributed by atoms with van der Waals surface area (Å²) in [6, 6.07) is 4.80. The molecule has 1 N–H and O–H groups in total. The number of hydrogen-bond acceptors (Lipinski definition) is 2. The Morgan fingerprint density at radius 2 is 2.25 bits per heavy atom. The van der Waals surface area contributed by atoms with Gasteiger partial charge in [0.2, 0.25) is 0 Å². The predicted octanol–water partition coefficient (Wildman–Crippen LogP) is 3.38. The van der Waals surface area contributed by atoms with Gasteiger partial charge in [-0.2, -0.15) is 0 Å². The highest BCUT2D eigenvalue weighted by Gasteiger charge is 2.25. The van der Waals surface area contributed by atoms with Gasteiger partial charge in [-0.25, -0.2) is 0 Å². The van der Waals surface area contributed by atoms with E-state index in [0.717, 1.165) is 24.6 Å². The van der Waals surface area contributed by atoms with E-state index in [-0.39, 0.29) is 0 Å². The molecule has 1 aliphatic carbocycles. The largest absolute Gasteiger partial charge is 0.469 e. The molecule has 2 nitrogen and oxygen atoms in total. The third kappa shape index (κ3) is 3.11. The Balaban J connectivity index is 1.88. The molecule has 2 atom stereocenters. The minimum atomic E-state index is 0.707. The molecule has 0 aromatic carbocycles. The van der Waals surface area contributed by atoms with Crippen LogP contribution in [0.2, 0.25) is 0 Å².